The normalized spacial score (nSPS) is 12.1. The fourth-order valence-electron chi connectivity index (χ4n) is 1.77. The van der Waals surface area contributed by atoms with Crippen molar-refractivity contribution in [2.24, 2.45) is 5.73 Å². The molecule has 0 spiro atoms. The van der Waals surface area contributed by atoms with Gasteiger partial charge in [0.15, 0.2) is 0 Å². The number of phenolic OH excluding ortho intramolecular Hbond substituents is 1. The van der Waals surface area contributed by atoms with E-state index in [1.54, 1.807) is 12.1 Å². The molecule has 3 N–H and O–H groups in total. The van der Waals surface area contributed by atoms with Gasteiger partial charge in [-0.3, -0.25) is 0 Å². The molecule has 2 aromatic carbocycles. The van der Waals surface area contributed by atoms with Gasteiger partial charge in [-0.05, 0) is 36.2 Å². The minimum atomic E-state index is -0.0907. The molecule has 0 saturated heterocycles. The van der Waals surface area contributed by atoms with E-state index in [2.05, 4.69) is 0 Å². The van der Waals surface area contributed by atoms with Crippen LogP contribution in [0.15, 0.2) is 54.6 Å². The topological polar surface area (TPSA) is 55.5 Å². The summed E-state index contributed by atoms with van der Waals surface area (Å²) >= 11 is 0. The zero-order valence-electron chi connectivity index (χ0n) is 10.1. The predicted molar refractivity (Wildman–Crippen MR) is 71.7 cm³/mol. The number of ether oxygens (including phenoxy) is 1. The van der Waals surface area contributed by atoms with E-state index in [0.717, 1.165) is 11.3 Å². The van der Waals surface area contributed by atoms with E-state index < -0.39 is 0 Å². The van der Waals surface area contributed by atoms with Crippen molar-refractivity contribution in [2.45, 2.75) is 12.5 Å². The molecule has 1 unspecified atom stereocenters. The molecule has 2 rings (SSSR count). The Balaban J connectivity index is 1.84. The van der Waals surface area contributed by atoms with Crippen molar-refractivity contribution in [3.8, 4) is 11.5 Å². The van der Waals surface area contributed by atoms with Crippen LogP contribution >= 0.6 is 0 Å². The molecule has 3 heteroatoms. The summed E-state index contributed by atoms with van der Waals surface area (Å²) in [5, 5.41) is 9.36. The van der Waals surface area contributed by atoms with E-state index >= 15 is 0 Å². The van der Waals surface area contributed by atoms with Crippen LogP contribution in [0.4, 0.5) is 0 Å². The van der Waals surface area contributed by atoms with Crippen molar-refractivity contribution < 1.29 is 9.84 Å². The molecule has 0 heterocycles. The smallest absolute Gasteiger partial charge is 0.119 e. The van der Waals surface area contributed by atoms with Gasteiger partial charge in [0.1, 0.15) is 18.1 Å². The van der Waals surface area contributed by atoms with Crippen molar-refractivity contribution in [2.75, 3.05) is 6.61 Å². The lowest BCUT2D eigenvalue weighted by Gasteiger charge is -2.13. The van der Waals surface area contributed by atoms with E-state index in [0.29, 0.717) is 13.0 Å². The summed E-state index contributed by atoms with van der Waals surface area (Å²) in [6.45, 7) is 0.458. The van der Waals surface area contributed by atoms with Crippen molar-refractivity contribution in [3.05, 3.63) is 60.2 Å². The second-order valence-corrected chi connectivity index (χ2v) is 4.26. The van der Waals surface area contributed by atoms with Gasteiger partial charge in [0.2, 0.25) is 0 Å². The molecular formula is C15H17NO2. The number of hydrogen-bond acceptors (Lipinski definition) is 3. The molecule has 94 valence electrons. The maximum Gasteiger partial charge on any atom is 0.119 e. The van der Waals surface area contributed by atoms with Crippen molar-refractivity contribution >= 4 is 0 Å². The summed E-state index contributed by atoms with van der Waals surface area (Å²) in [4.78, 5) is 0. The Morgan fingerprint density at radius 2 is 1.83 bits per heavy atom. The summed E-state index contributed by atoms with van der Waals surface area (Å²) in [5.41, 5.74) is 7.01. The minimum absolute atomic E-state index is 0.0907. The van der Waals surface area contributed by atoms with Gasteiger partial charge in [0.25, 0.3) is 0 Å². The molecule has 3 nitrogen and oxygen atoms in total. The number of aromatic hydroxyl groups is 1. The van der Waals surface area contributed by atoms with Crippen LogP contribution in [-0.4, -0.2) is 17.8 Å². The first kappa shape index (κ1) is 12.5. The van der Waals surface area contributed by atoms with Gasteiger partial charge in [0, 0.05) is 6.04 Å². The number of hydrogen-bond donors (Lipinski definition) is 2. The second-order valence-electron chi connectivity index (χ2n) is 4.26. The standard InChI is InChI=1S/C15H17NO2/c16-13(9-12-5-4-6-14(17)10-12)11-18-15-7-2-1-3-8-15/h1-8,10,13,17H,9,11,16H2. The number of nitrogens with two attached hydrogens (primary N) is 1. The minimum Gasteiger partial charge on any atom is -0.508 e. The molecule has 0 radical (unpaired) electrons. The molecule has 18 heavy (non-hydrogen) atoms. The van der Waals surface area contributed by atoms with Crippen molar-refractivity contribution in [1.29, 1.82) is 0 Å². The Morgan fingerprint density at radius 3 is 2.56 bits per heavy atom. The first-order valence-electron chi connectivity index (χ1n) is 5.95. The average molecular weight is 243 g/mol. The van der Waals surface area contributed by atoms with Crippen LogP contribution in [-0.2, 0) is 6.42 Å². The Hall–Kier alpha value is -2.00. The van der Waals surface area contributed by atoms with Crippen LogP contribution in [0.25, 0.3) is 0 Å². The fraction of sp³-hybridized carbons (Fsp3) is 0.200. The highest BCUT2D eigenvalue weighted by molar-refractivity contribution is 5.27. The number of para-hydroxylation sites is 1. The quantitative estimate of drug-likeness (QED) is 0.847. The third kappa shape index (κ3) is 3.79. The van der Waals surface area contributed by atoms with Crippen LogP contribution < -0.4 is 10.5 Å². The van der Waals surface area contributed by atoms with Crippen LogP contribution in [0.3, 0.4) is 0 Å². The molecule has 2 aromatic rings. The maximum absolute atomic E-state index is 9.36. The highest BCUT2D eigenvalue weighted by atomic mass is 16.5. The molecule has 0 bridgehead atoms. The van der Waals surface area contributed by atoms with E-state index in [9.17, 15) is 5.11 Å². The van der Waals surface area contributed by atoms with E-state index in [4.69, 9.17) is 10.5 Å². The predicted octanol–water partition coefficient (Wildman–Crippen LogP) is 2.34. The lowest BCUT2D eigenvalue weighted by atomic mass is 10.1. The summed E-state index contributed by atoms with van der Waals surface area (Å²) in [5.74, 6) is 1.09. The Morgan fingerprint density at radius 1 is 1.06 bits per heavy atom. The van der Waals surface area contributed by atoms with Crippen LogP contribution in [0.2, 0.25) is 0 Å². The third-order valence-electron chi connectivity index (χ3n) is 2.62. The summed E-state index contributed by atoms with van der Waals surface area (Å²) in [7, 11) is 0. The lowest BCUT2D eigenvalue weighted by Crippen LogP contribution is -2.30. The summed E-state index contributed by atoms with van der Waals surface area (Å²) < 4.78 is 5.58. The maximum atomic E-state index is 9.36. The van der Waals surface area contributed by atoms with Crippen molar-refractivity contribution in [1.82, 2.24) is 0 Å². The van der Waals surface area contributed by atoms with Gasteiger partial charge in [-0.25, -0.2) is 0 Å². The monoisotopic (exact) mass is 243 g/mol. The van der Waals surface area contributed by atoms with Gasteiger partial charge in [-0.15, -0.1) is 0 Å². The number of rotatable bonds is 5. The van der Waals surface area contributed by atoms with E-state index in [1.165, 1.54) is 0 Å². The first-order valence-corrected chi connectivity index (χ1v) is 5.95. The molecule has 0 amide bonds. The highest BCUT2D eigenvalue weighted by Gasteiger charge is 2.05. The van der Waals surface area contributed by atoms with E-state index in [-0.39, 0.29) is 11.8 Å². The fourth-order valence-corrected chi connectivity index (χ4v) is 1.77. The third-order valence-corrected chi connectivity index (χ3v) is 2.62. The zero-order chi connectivity index (χ0) is 12.8. The van der Waals surface area contributed by atoms with E-state index in [1.807, 2.05) is 42.5 Å². The molecule has 0 aliphatic rings. The van der Waals surface area contributed by atoms with Gasteiger partial charge in [-0.2, -0.15) is 0 Å². The average Bonchev–Trinajstić information content (AvgIpc) is 2.38. The summed E-state index contributed by atoms with van der Waals surface area (Å²) in [6, 6.07) is 16.6. The molecule has 0 aromatic heterocycles. The highest BCUT2D eigenvalue weighted by Crippen LogP contribution is 2.13. The largest absolute Gasteiger partial charge is 0.508 e. The van der Waals surface area contributed by atoms with Gasteiger partial charge in [-0.1, -0.05) is 30.3 Å². The van der Waals surface area contributed by atoms with Crippen LogP contribution in [0.1, 0.15) is 5.56 Å². The molecule has 1 atom stereocenters. The SMILES string of the molecule is NC(COc1ccccc1)Cc1cccc(O)c1. The zero-order valence-corrected chi connectivity index (χ0v) is 10.1. The second kappa shape index (κ2) is 6.07. The molecule has 0 aliphatic carbocycles. The Labute approximate surface area is 107 Å². The van der Waals surface area contributed by atoms with Crippen LogP contribution in [0.5, 0.6) is 11.5 Å². The first-order chi connectivity index (χ1) is 8.74. The molecule has 0 saturated carbocycles. The molecule has 0 fully saturated rings. The summed E-state index contributed by atoms with van der Waals surface area (Å²) in [6.07, 6.45) is 0.682. The Kier molecular flexibility index (Phi) is 4.20. The molecule has 0 aliphatic heterocycles. The van der Waals surface area contributed by atoms with Gasteiger partial charge >= 0.3 is 0 Å². The van der Waals surface area contributed by atoms with Crippen LogP contribution in [0, 0.1) is 0 Å². The van der Waals surface area contributed by atoms with Gasteiger partial charge in [0.05, 0.1) is 0 Å². The lowest BCUT2D eigenvalue weighted by molar-refractivity contribution is 0.287. The Bertz CT molecular complexity index is 485. The molecular weight excluding hydrogens is 226 g/mol. The number of benzene rings is 2. The van der Waals surface area contributed by atoms with Crippen molar-refractivity contribution in [3.63, 3.8) is 0 Å². The number of phenols is 1. The van der Waals surface area contributed by atoms with Gasteiger partial charge < -0.3 is 15.6 Å².